The summed E-state index contributed by atoms with van der Waals surface area (Å²) in [5.41, 5.74) is 0. The third-order valence-corrected chi connectivity index (χ3v) is 5.32. The Morgan fingerprint density at radius 1 is 1.00 bits per heavy atom. The maximum absolute atomic E-state index is 11.4. The Morgan fingerprint density at radius 2 is 1.65 bits per heavy atom. The van der Waals surface area contributed by atoms with Crippen molar-refractivity contribution in [2.45, 2.75) is 46.1 Å². The quantitative estimate of drug-likeness (QED) is 0.510. The summed E-state index contributed by atoms with van der Waals surface area (Å²) in [6, 6.07) is 0.528. The van der Waals surface area contributed by atoms with Gasteiger partial charge in [-0.3, -0.25) is 14.7 Å². The van der Waals surface area contributed by atoms with Crippen LogP contribution in [0.25, 0.3) is 0 Å². The fourth-order valence-corrected chi connectivity index (χ4v) is 3.72. The second-order valence-electron chi connectivity index (χ2n) is 7.37. The van der Waals surface area contributed by atoms with Gasteiger partial charge in [0.05, 0.1) is 6.54 Å². The molecule has 0 saturated carbocycles. The first-order chi connectivity index (χ1) is 12.6. The zero-order valence-electron chi connectivity index (χ0n) is 17.0. The van der Waals surface area contributed by atoms with Crippen LogP contribution < -0.4 is 10.6 Å². The standard InChI is InChI=1S/C19H38N6O/c1-4-9-23-10-6-18(7-11-23)22-19(20-5-2)21-8-12-24-13-15-25(16-14-24)17(3)26/h18H,4-16H2,1-3H3,(H2,20,21,22). The van der Waals surface area contributed by atoms with Crippen LogP contribution in [0.5, 0.6) is 0 Å². The number of hydrogen-bond acceptors (Lipinski definition) is 4. The summed E-state index contributed by atoms with van der Waals surface area (Å²) in [5.74, 6) is 1.13. The van der Waals surface area contributed by atoms with E-state index in [9.17, 15) is 4.79 Å². The molecule has 2 fully saturated rings. The number of rotatable bonds is 7. The van der Waals surface area contributed by atoms with E-state index in [2.05, 4.69) is 34.3 Å². The first kappa shape index (κ1) is 21.0. The van der Waals surface area contributed by atoms with Crippen molar-refractivity contribution in [1.82, 2.24) is 25.3 Å². The minimum Gasteiger partial charge on any atom is -0.357 e. The summed E-state index contributed by atoms with van der Waals surface area (Å²) in [6.45, 7) is 15.8. The highest BCUT2D eigenvalue weighted by molar-refractivity contribution is 5.80. The molecule has 2 aliphatic heterocycles. The second-order valence-corrected chi connectivity index (χ2v) is 7.37. The third kappa shape index (κ3) is 7.11. The number of carbonyl (C=O) groups is 1. The predicted octanol–water partition coefficient (Wildman–Crippen LogP) is 0.580. The average molecular weight is 367 g/mol. The van der Waals surface area contributed by atoms with Crippen LogP contribution in [-0.2, 0) is 4.79 Å². The smallest absolute Gasteiger partial charge is 0.219 e. The molecule has 150 valence electrons. The number of aliphatic imine (C=N–C) groups is 1. The lowest BCUT2D eigenvalue weighted by Crippen LogP contribution is -2.50. The average Bonchev–Trinajstić information content (AvgIpc) is 2.64. The van der Waals surface area contributed by atoms with E-state index in [0.717, 1.165) is 51.8 Å². The Bertz CT molecular complexity index is 439. The van der Waals surface area contributed by atoms with E-state index in [1.807, 2.05) is 4.90 Å². The normalized spacial score (nSPS) is 21.0. The second kappa shape index (κ2) is 11.4. The topological polar surface area (TPSA) is 63.2 Å². The summed E-state index contributed by atoms with van der Waals surface area (Å²) in [6.07, 6.45) is 3.62. The van der Waals surface area contributed by atoms with Gasteiger partial charge in [-0.25, -0.2) is 0 Å². The molecule has 2 saturated heterocycles. The molecule has 0 aromatic rings. The number of likely N-dealkylation sites (tertiary alicyclic amines) is 1. The number of carbonyl (C=O) groups excluding carboxylic acids is 1. The highest BCUT2D eigenvalue weighted by Gasteiger charge is 2.20. The van der Waals surface area contributed by atoms with Crippen LogP contribution in [0.3, 0.4) is 0 Å². The fraction of sp³-hybridized carbons (Fsp3) is 0.895. The molecule has 0 radical (unpaired) electrons. The lowest BCUT2D eigenvalue weighted by atomic mass is 10.1. The summed E-state index contributed by atoms with van der Waals surface area (Å²) in [4.78, 5) is 23.0. The molecule has 0 aromatic heterocycles. The molecular weight excluding hydrogens is 328 g/mol. The summed E-state index contributed by atoms with van der Waals surface area (Å²) >= 11 is 0. The van der Waals surface area contributed by atoms with Crippen molar-refractivity contribution in [3.05, 3.63) is 0 Å². The molecule has 0 aliphatic carbocycles. The number of hydrogen-bond donors (Lipinski definition) is 2. The molecule has 1 amide bonds. The van der Waals surface area contributed by atoms with Crippen molar-refractivity contribution >= 4 is 11.9 Å². The highest BCUT2D eigenvalue weighted by Crippen LogP contribution is 2.10. The van der Waals surface area contributed by atoms with Crippen molar-refractivity contribution in [2.24, 2.45) is 4.99 Å². The lowest BCUT2D eigenvalue weighted by Gasteiger charge is -2.34. The van der Waals surface area contributed by atoms with E-state index in [-0.39, 0.29) is 5.91 Å². The molecule has 0 atom stereocenters. The Hall–Kier alpha value is -1.34. The Kier molecular flexibility index (Phi) is 9.18. The zero-order valence-corrected chi connectivity index (χ0v) is 17.0. The Balaban J connectivity index is 1.70. The van der Waals surface area contributed by atoms with E-state index in [4.69, 9.17) is 4.99 Å². The third-order valence-electron chi connectivity index (χ3n) is 5.32. The number of piperidine rings is 1. The van der Waals surface area contributed by atoms with Gasteiger partial charge in [-0.05, 0) is 32.7 Å². The van der Waals surface area contributed by atoms with Gasteiger partial charge in [0.1, 0.15) is 0 Å². The van der Waals surface area contributed by atoms with Gasteiger partial charge in [-0.15, -0.1) is 0 Å². The van der Waals surface area contributed by atoms with Gasteiger partial charge in [0, 0.05) is 65.3 Å². The number of nitrogens with zero attached hydrogens (tertiary/aromatic N) is 4. The minimum absolute atomic E-state index is 0.186. The molecule has 2 aliphatic rings. The number of guanidine groups is 1. The SMILES string of the molecule is CCCN1CCC(NC(=NCCN2CCN(C(C)=O)CC2)NCC)CC1. The highest BCUT2D eigenvalue weighted by atomic mass is 16.2. The van der Waals surface area contributed by atoms with Crippen LogP contribution in [0.4, 0.5) is 0 Å². The zero-order chi connectivity index (χ0) is 18.8. The van der Waals surface area contributed by atoms with Gasteiger partial charge in [-0.2, -0.15) is 0 Å². The molecule has 2 rings (SSSR count). The first-order valence-electron chi connectivity index (χ1n) is 10.4. The molecule has 2 N–H and O–H groups in total. The van der Waals surface area contributed by atoms with Crippen molar-refractivity contribution in [3.8, 4) is 0 Å². The van der Waals surface area contributed by atoms with Crippen molar-refractivity contribution in [2.75, 3.05) is 65.4 Å². The molecule has 2 heterocycles. The van der Waals surface area contributed by atoms with Gasteiger partial charge in [-0.1, -0.05) is 6.92 Å². The fourth-order valence-electron chi connectivity index (χ4n) is 3.72. The summed E-state index contributed by atoms with van der Waals surface area (Å²) in [7, 11) is 0. The monoisotopic (exact) mass is 366 g/mol. The summed E-state index contributed by atoms with van der Waals surface area (Å²) in [5, 5.41) is 7.00. The van der Waals surface area contributed by atoms with Gasteiger partial charge in [0.15, 0.2) is 5.96 Å². The van der Waals surface area contributed by atoms with E-state index >= 15 is 0 Å². The molecule has 26 heavy (non-hydrogen) atoms. The maximum Gasteiger partial charge on any atom is 0.219 e. The van der Waals surface area contributed by atoms with Gasteiger partial charge in [0.2, 0.25) is 5.91 Å². The predicted molar refractivity (Wildman–Crippen MR) is 108 cm³/mol. The van der Waals surface area contributed by atoms with Crippen molar-refractivity contribution in [1.29, 1.82) is 0 Å². The molecular formula is C19H38N6O. The van der Waals surface area contributed by atoms with Crippen LogP contribution >= 0.6 is 0 Å². The van der Waals surface area contributed by atoms with Gasteiger partial charge < -0.3 is 20.4 Å². The van der Waals surface area contributed by atoms with Crippen LogP contribution in [0, 0.1) is 0 Å². The Morgan fingerprint density at radius 3 is 2.23 bits per heavy atom. The van der Waals surface area contributed by atoms with Crippen molar-refractivity contribution in [3.63, 3.8) is 0 Å². The molecule has 0 bridgehead atoms. The van der Waals surface area contributed by atoms with Crippen LogP contribution in [0.15, 0.2) is 4.99 Å². The van der Waals surface area contributed by atoms with E-state index in [1.54, 1.807) is 6.92 Å². The van der Waals surface area contributed by atoms with Gasteiger partial charge >= 0.3 is 0 Å². The minimum atomic E-state index is 0.186. The molecule has 7 heteroatoms. The lowest BCUT2D eigenvalue weighted by molar-refractivity contribution is -0.130. The van der Waals surface area contributed by atoms with E-state index in [0.29, 0.717) is 6.04 Å². The van der Waals surface area contributed by atoms with Crippen LogP contribution in [0.1, 0.15) is 40.0 Å². The molecule has 0 unspecified atom stereocenters. The number of amides is 1. The molecule has 0 spiro atoms. The number of piperazine rings is 1. The maximum atomic E-state index is 11.4. The number of nitrogens with one attached hydrogen (secondary N) is 2. The van der Waals surface area contributed by atoms with Crippen LogP contribution in [0.2, 0.25) is 0 Å². The first-order valence-corrected chi connectivity index (χ1v) is 10.4. The summed E-state index contributed by atoms with van der Waals surface area (Å²) < 4.78 is 0. The van der Waals surface area contributed by atoms with Crippen LogP contribution in [-0.4, -0.2) is 98.1 Å². The van der Waals surface area contributed by atoms with Crippen molar-refractivity contribution < 1.29 is 4.79 Å². The molecule has 7 nitrogen and oxygen atoms in total. The van der Waals surface area contributed by atoms with E-state index < -0.39 is 0 Å². The van der Waals surface area contributed by atoms with E-state index in [1.165, 1.54) is 38.9 Å². The van der Waals surface area contributed by atoms with Gasteiger partial charge in [0.25, 0.3) is 0 Å². The molecule has 0 aromatic carbocycles. The largest absolute Gasteiger partial charge is 0.357 e. The Labute approximate surface area is 159 Å².